The fourth-order valence-electron chi connectivity index (χ4n) is 2.60. The standard InChI is InChI=1S/C19H11F2N3O2S/c20-13-6-4-11(5-7-13)9-15-17(25)22-19-24(23-15)18(26)16(27-19)10-12-2-1-3-14(21)8-12/h1-8,10H,9H2/b16-10+. The van der Waals surface area contributed by atoms with Crippen LogP contribution in [0.5, 0.6) is 0 Å². The Bertz CT molecular complexity index is 1310. The predicted octanol–water partition coefficient (Wildman–Crippen LogP) is 1.93. The molecule has 0 spiro atoms. The van der Waals surface area contributed by atoms with Crippen LogP contribution in [0.4, 0.5) is 8.78 Å². The molecule has 0 aliphatic heterocycles. The van der Waals surface area contributed by atoms with E-state index in [-0.39, 0.29) is 22.9 Å². The van der Waals surface area contributed by atoms with Crippen LogP contribution in [-0.2, 0) is 6.42 Å². The van der Waals surface area contributed by atoms with Crippen LogP contribution in [0.15, 0.2) is 58.1 Å². The summed E-state index contributed by atoms with van der Waals surface area (Å²) in [4.78, 5) is 28.9. The highest BCUT2D eigenvalue weighted by molar-refractivity contribution is 7.15. The average molecular weight is 383 g/mol. The molecule has 0 fully saturated rings. The van der Waals surface area contributed by atoms with Crippen molar-refractivity contribution in [3.8, 4) is 0 Å². The van der Waals surface area contributed by atoms with E-state index in [2.05, 4.69) is 10.1 Å². The smallest absolute Gasteiger partial charge is 0.266 e. The van der Waals surface area contributed by atoms with E-state index in [1.54, 1.807) is 24.3 Å². The Labute approximate surface area is 154 Å². The zero-order valence-corrected chi connectivity index (χ0v) is 14.5. The first-order valence-electron chi connectivity index (χ1n) is 7.94. The number of thiazole rings is 1. The second-order valence-corrected chi connectivity index (χ2v) is 6.84. The lowest BCUT2D eigenvalue weighted by Crippen LogP contribution is -2.28. The number of hydrogen-bond donors (Lipinski definition) is 0. The summed E-state index contributed by atoms with van der Waals surface area (Å²) in [5, 5.41) is 4.12. The molecule has 0 bridgehead atoms. The fraction of sp³-hybridized carbons (Fsp3) is 0.0526. The minimum atomic E-state index is -0.544. The summed E-state index contributed by atoms with van der Waals surface area (Å²) in [5.41, 5.74) is 0.307. The lowest BCUT2D eigenvalue weighted by atomic mass is 10.1. The highest BCUT2D eigenvalue weighted by Gasteiger charge is 2.12. The van der Waals surface area contributed by atoms with Crippen molar-refractivity contribution in [1.82, 2.24) is 14.6 Å². The van der Waals surface area contributed by atoms with Gasteiger partial charge in [-0.1, -0.05) is 35.6 Å². The SMILES string of the molecule is O=c1nc2s/c(=C/c3cccc(F)c3)c(=O)n2nc1Cc1ccc(F)cc1. The van der Waals surface area contributed by atoms with Crippen LogP contribution in [0.25, 0.3) is 11.0 Å². The van der Waals surface area contributed by atoms with Crippen molar-refractivity contribution < 1.29 is 8.78 Å². The van der Waals surface area contributed by atoms with Crippen LogP contribution in [0.3, 0.4) is 0 Å². The molecule has 0 aliphatic carbocycles. The molecule has 5 nitrogen and oxygen atoms in total. The van der Waals surface area contributed by atoms with Crippen LogP contribution < -0.4 is 15.7 Å². The number of aromatic nitrogens is 3. The molecular weight excluding hydrogens is 372 g/mol. The van der Waals surface area contributed by atoms with Gasteiger partial charge in [0.2, 0.25) is 4.96 Å². The maximum Gasteiger partial charge on any atom is 0.296 e. The molecule has 27 heavy (non-hydrogen) atoms. The van der Waals surface area contributed by atoms with Gasteiger partial charge in [-0.3, -0.25) is 9.59 Å². The molecule has 134 valence electrons. The van der Waals surface area contributed by atoms with Crippen molar-refractivity contribution in [3.05, 3.63) is 102 Å². The number of rotatable bonds is 3. The van der Waals surface area contributed by atoms with E-state index in [4.69, 9.17) is 0 Å². The molecule has 0 saturated heterocycles. The Kier molecular flexibility index (Phi) is 4.33. The Morgan fingerprint density at radius 2 is 1.81 bits per heavy atom. The number of hydrogen-bond acceptors (Lipinski definition) is 5. The largest absolute Gasteiger partial charge is 0.296 e. The Hall–Kier alpha value is -3.26. The third-order valence-electron chi connectivity index (χ3n) is 3.88. The van der Waals surface area contributed by atoms with Crippen LogP contribution in [0.2, 0.25) is 0 Å². The summed E-state index contributed by atoms with van der Waals surface area (Å²) in [6.45, 7) is 0. The quantitative estimate of drug-likeness (QED) is 0.542. The minimum absolute atomic E-state index is 0.0892. The molecule has 8 heteroatoms. The number of benzene rings is 2. The van der Waals surface area contributed by atoms with Crippen molar-refractivity contribution in [3.63, 3.8) is 0 Å². The van der Waals surface area contributed by atoms with Crippen molar-refractivity contribution in [2.45, 2.75) is 6.42 Å². The summed E-state index contributed by atoms with van der Waals surface area (Å²) in [7, 11) is 0. The normalized spacial score (nSPS) is 12.0. The molecule has 2 aromatic carbocycles. The number of halogens is 2. The summed E-state index contributed by atoms with van der Waals surface area (Å²) in [6.07, 6.45) is 1.66. The summed E-state index contributed by atoms with van der Waals surface area (Å²) >= 11 is 1.00. The maximum absolute atomic E-state index is 13.3. The van der Waals surface area contributed by atoms with Gasteiger partial charge in [-0.2, -0.15) is 14.6 Å². The fourth-order valence-corrected chi connectivity index (χ4v) is 3.50. The van der Waals surface area contributed by atoms with Gasteiger partial charge in [0.15, 0.2) is 0 Å². The highest BCUT2D eigenvalue weighted by atomic mass is 32.1. The lowest BCUT2D eigenvalue weighted by Gasteiger charge is -2.00. The molecule has 0 atom stereocenters. The zero-order valence-electron chi connectivity index (χ0n) is 13.7. The van der Waals surface area contributed by atoms with E-state index < -0.39 is 16.9 Å². The van der Waals surface area contributed by atoms with Crippen molar-refractivity contribution >= 4 is 22.4 Å². The van der Waals surface area contributed by atoms with Crippen molar-refractivity contribution in [1.29, 1.82) is 0 Å². The monoisotopic (exact) mass is 383 g/mol. The van der Waals surface area contributed by atoms with Crippen LogP contribution in [-0.4, -0.2) is 14.6 Å². The molecule has 0 saturated carbocycles. The Balaban J connectivity index is 1.80. The van der Waals surface area contributed by atoms with E-state index >= 15 is 0 Å². The van der Waals surface area contributed by atoms with Crippen molar-refractivity contribution in [2.75, 3.05) is 0 Å². The summed E-state index contributed by atoms with van der Waals surface area (Å²) in [6, 6.07) is 11.5. The van der Waals surface area contributed by atoms with Crippen LogP contribution in [0.1, 0.15) is 16.8 Å². The van der Waals surface area contributed by atoms with Gasteiger partial charge < -0.3 is 0 Å². The van der Waals surface area contributed by atoms with Gasteiger partial charge in [0.25, 0.3) is 11.1 Å². The van der Waals surface area contributed by atoms with Gasteiger partial charge in [0.1, 0.15) is 17.3 Å². The molecule has 0 N–H and O–H groups in total. The van der Waals surface area contributed by atoms with Gasteiger partial charge in [-0.25, -0.2) is 8.78 Å². The molecule has 4 rings (SSSR count). The lowest BCUT2D eigenvalue weighted by molar-refractivity contribution is 0.627. The maximum atomic E-state index is 13.3. The van der Waals surface area contributed by atoms with Gasteiger partial charge >= 0.3 is 0 Å². The molecule has 0 unspecified atom stereocenters. The van der Waals surface area contributed by atoms with Crippen LogP contribution in [0, 0.1) is 11.6 Å². The third kappa shape index (κ3) is 3.52. The number of nitrogens with zero attached hydrogens (tertiary/aromatic N) is 3. The van der Waals surface area contributed by atoms with Crippen LogP contribution >= 0.6 is 11.3 Å². The number of fused-ring (bicyclic) bond motifs is 1. The van der Waals surface area contributed by atoms with Gasteiger partial charge in [-0.05, 0) is 41.5 Å². The first-order valence-corrected chi connectivity index (χ1v) is 8.76. The zero-order chi connectivity index (χ0) is 19.0. The molecule has 0 amide bonds. The molecule has 0 radical (unpaired) electrons. The topological polar surface area (TPSA) is 64.3 Å². The molecular formula is C19H11F2N3O2S. The molecule has 2 aromatic heterocycles. The van der Waals surface area contributed by atoms with Gasteiger partial charge in [-0.15, -0.1) is 0 Å². The molecule has 4 aromatic rings. The predicted molar refractivity (Wildman–Crippen MR) is 97.8 cm³/mol. The Morgan fingerprint density at radius 3 is 2.56 bits per heavy atom. The first kappa shape index (κ1) is 17.2. The first-order chi connectivity index (χ1) is 13.0. The second kappa shape index (κ2) is 6.81. The summed E-state index contributed by atoms with van der Waals surface area (Å²) in [5.74, 6) is -0.793. The average Bonchev–Trinajstić information content (AvgIpc) is 2.92. The van der Waals surface area contributed by atoms with E-state index in [9.17, 15) is 18.4 Å². The van der Waals surface area contributed by atoms with E-state index in [0.717, 1.165) is 15.9 Å². The van der Waals surface area contributed by atoms with E-state index in [1.165, 1.54) is 30.3 Å². The van der Waals surface area contributed by atoms with E-state index in [1.807, 2.05) is 0 Å². The molecule has 2 heterocycles. The third-order valence-corrected chi connectivity index (χ3v) is 4.84. The van der Waals surface area contributed by atoms with Crippen molar-refractivity contribution in [2.24, 2.45) is 0 Å². The minimum Gasteiger partial charge on any atom is -0.266 e. The summed E-state index contributed by atoms with van der Waals surface area (Å²) < 4.78 is 27.7. The van der Waals surface area contributed by atoms with E-state index in [0.29, 0.717) is 15.7 Å². The second-order valence-electron chi connectivity index (χ2n) is 5.83. The van der Waals surface area contributed by atoms with Gasteiger partial charge in [0, 0.05) is 6.42 Å². The Morgan fingerprint density at radius 1 is 1.04 bits per heavy atom. The van der Waals surface area contributed by atoms with Gasteiger partial charge in [0.05, 0.1) is 4.53 Å². The highest BCUT2D eigenvalue weighted by Crippen LogP contribution is 2.07. The molecule has 0 aliphatic rings.